The molecule has 0 fully saturated rings. The maximum absolute atomic E-state index is 5.07. The zero-order valence-electron chi connectivity index (χ0n) is 5.83. The summed E-state index contributed by atoms with van der Waals surface area (Å²) in [6.07, 6.45) is 9.52. The van der Waals surface area contributed by atoms with Gasteiger partial charge in [0.25, 0.3) is 0 Å². The average Bonchev–Trinajstić information content (AvgIpc) is 2.05. The van der Waals surface area contributed by atoms with Crippen molar-refractivity contribution in [3.05, 3.63) is 23.8 Å². The highest BCUT2D eigenvalue weighted by molar-refractivity contribution is 5.16. The van der Waals surface area contributed by atoms with Gasteiger partial charge in [-0.2, -0.15) is 0 Å². The standard InChI is InChI=1S/C8H8N2/c1-3-7-5-9-8(4-2)10-6-7/h2,5-6H,3H2,1H3. The molecular formula is C8H8N2. The molecule has 0 spiro atoms. The molecule has 50 valence electrons. The summed E-state index contributed by atoms with van der Waals surface area (Å²) in [6.45, 7) is 2.05. The smallest absolute Gasteiger partial charge is 0.204 e. The number of hydrogen-bond donors (Lipinski definition) is 0. The lowest BCUT2D eigenvalue weighted by Gasteiger charge is -1.92. The molecule has 1 aromatic rings. The maximum Gasteiger partial charge on any atom is 0.204 e. The summed E-state index contributed by atoms with van der Waals surface area (Å²) in [5.41, 5.74) is 1.11. The molecule has 0 aromatic carbocycles. The van der Waals surface area contributed by atoms with Gasteiger partial charge in [-0.1, -0.05) is 6.92 Å². The van der Waals surface area contributed by atoms with Crippen LogP contribution in [0.5, 0.6) is 0 Å². The molecule has 0 aliphatic carbocycles. The van der Waals surface area contributed by atoms with Crippen molar-refractivity contribution < 1.29 is 0 Å². The molecule has 0 unspecified atom stereocenters. The zero-order valence-corrected chi connectivity index (χ0v) is 5.83. The summed E-state index contributed by atoms with van der Waals surface area (Å²) in [5.74, 6) is 2.81. The molecule has 1 heterocycles. The van der Waals surface area contributed by atoms with Crippen molar-refractivity contribution in [1.82, 2.24) is 9.97 Å². The molecule has 0 amide bonds. The Morgan fingerprint density at radius 2 is 2.10 bits per heavy atom. The van der Waals surface area contributed by atoms with Crippen molar-refractivity contribution >= 4 is 0 Å². The number of aromatic nitrogens is 2. The highest BCUT2D eigenvalue weighted by Gasteiger charge is 1.89. The molecule has 0 N–H and O–H groups in total. The fourth-order valence-electron chi connectivity index (χ4n) is 0.612. The van der Waals surface area contributed by atoms with Gasteiger partial charge in [-0.3, -0.25) is 0 Å². The van der Waals surface area contributed by atoms with E-state index in [9.17, 15) is 0 Å². The Balaban J connectivity index is 2.93. The first-order chi connectivity index (χ1) is 4.86. The lowest BCUT2D eigenvalue weighted by atomic mass is 10.3. The van der Waals surface area contributed by atoms with E-state index in [1.165, 1.54) is 0 Å². The summed E-state index contributed by atoms with van der Waals surface area (Å²) in [4.78, 5) is 7.84. The minimum atomic E-state index is 0.456. The molecule has 2 nitrogen and oxygen atoms in total. The molecular weight excluding hydrogens is 124 g/mol. The van der Waals surface area contributed by atoms with Gasteiger partial charge in [-0.05, 0) is 17.9 Å². The summed E-state index contributed by atoms with van der Waals surface area (Å²) >= 11 is 0. The number of terminal acetylenes is 1. The monoisotopic (exact) mass is 132 g/mol. The van der Waals surface area contributed by atoms with Crippen LogP contribution in [0.25, 0.3) is 0 Å². The van der Waals surface area contributed by atoms with Crippen molar-refractivity contribution in [2.45, 2.75) is 13.3 Å². The second-order valence-corrected chi connectivity index (χ2v) is 1.91. The normalized spacial score (nSPS) is 8.80. The fraction of sp³-hybridized carbons (Fsp3) is 0.250. The molecule has 10 heavy (non-hydrogen) atoms. The van der Waals surface area contributed by atoms with Gasteiger partial charge < -0.3 is 0 Å². The quantitative estimate of drug-likeness (QED) is 0.533. The predicted octanol–water partition coefficient (Wildman–Crippen LogP) is 1.02. The molecule has 0 saturated carbocycles. The van der Waals surface area contributed by atoms with Crippen LogP contribution in [0.4, 0.5) is 0 Å². The van der Waals surface area contributed by atoms with Crippen LogP contribution in [0.1, 0.15) is 18.3 Å². The van der Waals surface area contributed by atoms with E-state index in [4.69, 9.17) is 6.42 Å². The predicted molar refractivity (Wildman–Crippen MR) is 39.3 cm³/mol. The van der Waals surface area contributed by atoms with Crippen molar-refractivity contribution in [3.63, 3.8) is 0 Å². The zero-order chi connectivity index (χ0) is 7.40. The van der Waals surface area contributed by atoms with Gasteiger partial charge in [0.15, 0.2) is 0 Å². The summed E-state index contributed by atoms with van der Waals surface area (Å²) < 4.78 is 0. The lowest BCUT2D eigenvalue weighted by molar-refractivity contribution is 1.03. The number of nitrogens with zero attached hydrogens (tertiary/aromatic N) is 2. The molecule has 0 aliphatic heterocycles. The Morgan fingerprint density at radius 3 is 2.50 bits per heavy atom. The third-order valence-corrected chi connectivity index (χ3v) is 1.24. The van der Waals surface area contributed by atoms with Crippen LogP contribution in [0, 0.1) is 12.3 Å². The van der Waals surface area contributed by atoms with E-state index >= 15 is 0 Å². The van der Waals surface area contributed by atoms with E-state index in [0.29, 0.717) is 5.82 Å². The molecule has 0 aliphatic rings. The topological polar surface area (TPSA) is 25.8 Å². The largest absolute Gasteiger partial charge is 0.229 e. The van der Waals surface area contributed by atoms with Crippen molar-refractivity contribution in [2.75, 3.05) is 0 Å². The SMILES string of the molecule is C#Cc1ncc(CC)cn1. The van der Waals surface area contributed by atoms with E-state index in [-0.39, 0.29) is 0 Å². The second-order valence-electron chi connectivity index (χ2n) is 1.91. The third-order valence-electron chi connectivity index (χ3n) is 1.24. The lowest BCUT2D eigenvalue weighted by Crippen LogP contribution is -1.89. The Morgan fingerprint density at radius 1 is 1.50 bits per heavy atom. The van der Waals surface area contributed by atoms with Gasteiger partial charge in [0.1, 0.15) is 0 Å². The molecule has 1 aromatic heterocycles. The van der Waals surface area contributed by atoms with Gasteiger partial charge in [0.2, 0.25) is 5.82 Å². The van der Waals surface area contributed by atoms with Crippen molar-refractivity contribution in [1.29, 1.82) is 0 Å². The van der Waals surface area contributed by atoms with E-state index in [1.54, 1.807) is 12.4 Å². The van der Waals surface area contributed by atoms with E-state index in [2.05, 4.69) is 15.9 Å². The minimum absolute atomic E-state index is 0.456. The minimum Gasteiger partial charge on any atom is -0.229 e. The summed E-state index contributed by atoms with van der Waals surface area (Å²) in [7, 11) is 0. The van der Waals surface area contributed by atoms with Crippen LogP contribution in [-0.2, 0) is 6.42 Å². The van der Waals surface area contributed by atoms with Crippen LogP contribution in [0.3, 0.4) is 0 Å². The highest BCUT2D eigenvalue weighted by atomic mass is 14.8. The first-order valence-corrected chi connectivity index (χ1v) is 3.14. The summed E-state index contributed by atoms with van der Waals surface area (Å²) in [5, 5.41) is 0. The van der Waals surface area contributed by atoms with E-state index in [0.717, 1.165) is 12.0 Å². The highest BCUT2D eigenvalue weighted by Crippen LogP contribution is 1.94. The molecule has 0 atom stereocenters. The maximum atomic E-state index is 5.07. The van der Waals surface area contributed by atoms with Gasteiger partial charge in [0, 0.05) is 12.4 Å². The van der Waals surface area contributed by atoms with Gasteiger partial charge in [0.05, 0.1) is 0 Å². The second kappa shape index (κ2) is 2.98. The molecule has 1 rings (SSSR count). The van der Waals surface area contributed by atoms with Crippen molar-refractivity contribution in [2.24, 2.45) is 0 Å². The Labute approximate surface area is 60.3 Å². The van der Waals surface area contributed by atoms with E-state index < -0.39 is 0 Å². The number of aryl methyl sites for hydroxylation is 1. The molecule has 0 radical (unpaired) electrons. The first-order valence-electron chi connectivity index (χ1n) is 3.14. The van der Waals surface area contributed by atoms with Crippen LogP contribution >= 0.6 is 0 Å². The fourth-order valence-corrected chi connectivity index (χ4v) is 0.612. The van der Waals surface area contributed by atoms with Gasteiger partial charge in [-0.15, -0.1) is 6.42 Å². The molecule has 2 heteroatoms. The van der Waals surface area contributed by atoms with Crippen LogP contribution in [-0.4, -0.2) is 9.97 Å². The Bertz CT molecular complexity index is 243. The van der Waals surface area contributed by atoms with Crippen LogP contribution in [0.15, 0.2) is 12.4 Å². The summed E-state index contributed by atoms with van der Waals surface area (Å²) in [6, 6.07) is 0. The van der Waals surface area contributed by atoms with E-state index in [1.807, 2.05) is 6.92 Å². The van der Waals surface area contributed by atoms with Crippen molar-refractivity contribution in [3.8, 4) is 12.3 Å². The first kappa shape index (κ1) is 6.76. The molecule has 0 bridgehead atoms. The van der Waals surface area contributed by atoms with Gasteiger partial charge >= 0.3 is 0 Å². The molecule has 0 saturated heterocycles. The average molecular weight is 132 g/mol. The number of hydrogen-bond acceptors (Lipinski definition) is 2. The van der Waals surface area contributed by atoms with Gasteiger partial charge in [-0.25, -0.2) is 9.97 Å². The Hall–Kier alpha value is -1.36. The van der Waals surface area contributed by atoms with Crippen LogP contribution < -0.4 is 0 Å². The number of rotatable bonds is 1. The third kappa shape index (κ3) is 1.32. The van der Waals surface area contributed by atoms with Crippen LogP contribution in [0.2, 0.25) is 0 Å². The Kier molecular flexibility index (Phi) is 2.01.